The molecule has 2 rings (SSSR count). The van der Waals surface area contributed by atoms with Gasteiger partial charge in [0.1, 0.15) is 5.82 Å². The van der Waals surface area contributed by atoms with E-state index in [-0.39, 0.29) is 4.90 Å². The van der Waals surface area contributed by atoms with Crippen LogP contribution in [0.5, 0.6) is 0 Å². The molecular weight excluding hydrogens is 364 g/mol. The van der Waals surface area contributed by atoms with Crippen molar-refractivity contribution in [1.29, 1.82) is 0 Å². The molecule has 0 aliphatic carbocycles. The summed E-state index contributed by atoms with van der Waals surface area (Å²) in [5.41, 5.74) is 0. The molecule has 0 fully saturated rings. The molecule has 6 nitrogen and oxygen atoms in total. The molecule has 9 heteroatoms. The molecular formula is C11H13BrN4O2S2. The number of halogens is 1. The van der Waals surface area contributed by atoms with Crippen LogP contribution in [0.2, 0.25) is 0 Å². The zero-order chi connectivity index (χ0) is 14.6. The van der Waals surface area contributed by atoms with E-state index in [1.807, 2.05) is 6.92 Å². The summed E-state index contributed by atoms with van der Waals surface area (Å²) in [6.45, 7) is 2.76. The lowest BCUT2D eigenvalue weighted by Gasteiger charge is -2.07. The highest BCUT2D eigenvalue weighted by molar-refractivity contribution is 9.11. The van der Waals surface area contributed by atoms with Crippen molar-refractivity contribution in [1.82, 2.24) is 9.97 Å². The molecule has 0 amide bonds. The molecule has 0 aromatic carbocycles. The third-order valence-corrected chi connectivity index (χ3v) is 5.15. The van der Waals surface area contributed by atoms with Crippen LogP contribution in [0.1, 0.15) is 13.3 Å². The maximum absolute atomic E-state index is 12.2. The number of sulfonamides is 1. The van der Waals surface area contributed by atoms with E-state index in [0.29, 0.717) is 10.9 Å². The van der Waals surface area contributed by atoms with E-state index in [4.69, 9.17) is 0 Å². The minimum Gasteiger partial charge on any atom is -0.370 e. The third kappa shape index (κ3) is 3.90. The van der Waals surface area contributed by atoms with E-state index in [1.165, 1.54) is 29.7 Å². The summed E-state index contributed by atoms with van der Waals surface area (Å²) < 4.78 is 27.6. The fourth-order valence-corrected chi connectivity index (χ4v) is 3.76. The van der Waals surface area contributed by atoms with E-state index >= 15 is 0 Å². The average molecular weight is 377 g/mol. The topological polar surface area (TPSA) is 84.0 Å². The molecule has 0 spiro atoms. The van der Waals surface area contributed by atoms with E-state index < -0.39 is 10.0 Å². The lowest BCUT2D eigenvalue weighted by atomic mass is 10.4. The van der Waals surface area contributed by atoms with Crippen molar-refractivity contribution in [2.45, 2.75) is 18.2 Å². The predicted octanol–water partition coefficient (Wildman–Crippen LogP) is 2.92. The van der Waals surface area contributed by atoms with Gasteiger partial charge in [-0.3, -0.25) is 4.72 Å². The van der Waals surface area contributed by atoms with Crippen LogP contribution < -0.4 is 10.0 Å². The van der Waals surface area contributed by atoms with Gasteiger partial charge in [0.2, 0.25) is 0 Å². The number of pyridine rings is 1. The summed E-state index contributed by atoms with van der Waals surface area (Å²) in [6, 6.07) is 2.95. The maximum Gasteiger partial charge on any atom is 0.263 e. The van der Waals surface area contributed by atoms with Crippen LogP contribution in [0.3, 0.4) is 0 Å². The van der Waals surface area contributed by atoms with E-state index in [9.17, 15) is 8.42 Å². The number of hydrogen-bond acceptors (Lipinski definition) is 6. The normalized spacial score (nSPS) is 11.3. The molecule has 0 saturated heterocycles. The molecule has 0 saturated carbocycles. The summed E-state index contributed by atoms with van der Waals surface area (Å²) in [7, 11) is -3.65. The number of nitrogens with one attached hydrogen (secondary N) is 2. The lowest BCUT2D eigenvalue weighted by molar-refractivity contribution is 0.601. The molecule has 2 N–H and O–H groups in total. The quantitative estimate of drug-likeness (QED) is 0.809. The van der Waals surface area contributed by atoms with Crippen molar-refractivity contribution in [3.8, 4) is 0 Å². The molecule has 2 aromatic heterocycles. The highest BCUT2D eigenvalue weighted by atomic mass is 79.9. The third-order valence-electron chi connectivity index (χ3n) is 2.30. The molecule has 0 aliphatic rings. The number of hydrogen-bond donors (Lipinski definition) is 2. The van der Waals surface area contributed by atoms with E-state index in [2.05, 4.69) is 35.9 Å². The Bertz CT molecular complexity index is 687. The summed E-state index contributed by atoms with van der Waals surface area (Å²) in [6.07, 6.45) is 3.94. The van der Waals surface area contributed by atoms with E-state index in [1.54, 1.807) is 6.20 Å². The first-order chi connectivity index (χ1) is 9.51. The standard InChI is InChI=1S/C11H13BrN4O2S2/c1-2-4-13-10-6-8(3-5-14-10)20(17,18)16-11-15-7-9(12)19-11/h3,5-7H,2,4H2,1H3,(H,13,14)(H,15,16). The van der Waals surface area contributed by atoms with Gasteiger partial charge in [-0.15, -0.1) is 0 Å². The Balaban J connectivity index is 2.20. The van der Waals surface area contributed by atoms with Gasteiger partial charge in [0, 0.05) is 18.8 Å². The van der Waals surface area contributed by atoms with Crippen molar-refractivity contribution in [3.05, 3.63) is 28.3 Å². The van der Waals surface area contributed by atoms with Crippen LogP contribution in [-0.2, 0) is 10.0 Å². The van der Waals surface area contributed by atoms with Crippen molar-refractivity contribution in [2.24, 2.45) is 0 Å². The van der Waals surface area contributed by atoms with Gasteiger partial charge in [-0.05, 0) is 28.4 Å². The average Bonchev–Trinajstić information content (AvgIpc) is 2.81. The fourth-order valence-electron chi connectivity index (χ4n) is 1.40. The monoisotopic (exact) mass is 376 g/mol. The van der Waals surface area contributed by atoms with Gasteiger partial charge < -0.3 is 5.32 Å². The molecule has 0 aliphatic heterocycles. The van der Waals surface area contributed by atoms with Gasteiger partial charge in [-0.1, -0.05) is 18.3 Å². The second-order valence-corrected chi connectivity index (χ2v) is 7.97. The second kappa shape index (κ2) is 6.51. The van der Waals surface area contributed by atoms with Crippen LogP contribution in [0.25, 0.3) is 0 Å². The smallest absolute Gasteiger partial charge is 0.263 e. The maximum atomic E-state index is 12.2. The SMILES string of the molecule is CCCNc1cc(S(=O)(=O)Nc2ncc(Br)s2)ccn1. The van der Waals surface area contributed by atoms with E-state index in [0.717, 1.165) is 16.8 Å². The number of anilines is 2. The first-order valence-electron chi connectivity index (χ1n) is 5.85. The van der Waals surface area contributed by atoms with Crippen molar-refractivity contribution in [3.63, 3.8) is 0 Å². The zero-order valence-corrected chi connectivity index (χ0v) is 13.8. The minimum absolute atomic E-state index is 0.150. The first-order valence-corrected chi connectivity index (χ1v) is 8.94. The Morgan fingerprint density at radius 3 is 2.85 bits per heavy atom. The molecule has 0 atom stereocenters. The van der Waals surface area contributed by atoms with Crippen molar-refractivity contribution < 1.29 is 8.42 Å². The molecule has 20 heavy (non-hydrogen) atoms. The van der Waals surface area contributed by atoms with Crippen molar-refractivity contribution >= 4 is 48.2 Å². The molecule has 108 valence electrons. The van der Waals surface area contributed by atoms with Gasteiger partial charge in [0.05, 0.1) is 14.9 Å². The highest BCUT2D eigenvalue weighted by Crippen LogP contribution is 2.25. The van der Waals surface area contributed by atoms with Gasteiger partial charge in [-0.25, -0.2) is 18.4 Å². The molecule has 0 bridgehead atoms. The Labute approximate surface area is 129 Å². The highest BCUT2D eigenvalue weighted by Gasteiger charge is 2.16. The number of aromatic nitrogens is 2. The Hall–Kier alpha value is -1.19. The van der Waals surface area contributed by atoms with Gasteiger partial charge >= 0.3 is 0 Å². The molecule has 2 heterocycles. The largest absolute Gasteiger partial charge is 0.370 e. The summed E-state index contributed by atoms with van der Waals surface area (Å²) >= 11 is 4.45. The summed E-state index contributed by atoms with van der Waals surface area (Å²) in [4.78, 5) is 8.18. The molecule has 0 radical (unpaired) electrons. The first kappa shape index (κ1) is 15.2. The number of rotatable bonds is 6. The Morgan fingerprint density at radius 1 is 1.40 bits per heavy atom. The zero-order valence-electron chi connectivity index (χ0n) is 10.6. The molecule has 0 unspecified atom stereocenters. The van der Waals surface area contributed by atoms with Gasteiger partial charge in [0.15, 0.2) is 5.13 Å². The lowest BCUT2D eigenvalue weighted by Crippen LogP contribution is -2.13. The van der Waals surface area contributed by atoms with Crippen LogP contribution in [0.15, 0.2) is 33.2 Å². The fraction of sp³-hybridized carbons (Fsp3) is 0.273. The predicted molar refractivity (Wildman–Crippen MR) is 83.6 cm³/mol. The van der Waals surface area contributed by atoms with Crippen molar-refractivity contribution in [2.75, 3.05) is 16.6 Å². The van der Waals surface area contributed by atoms with Crippen LogP contribution >= 0.6 is 27.3 Å². The van der Waals surface area contributed by atoms with Crippen LogP contribution in [-0.4, -0.2) is 24.9 Å². The Kier molecular flexibility index (Phi) is 4.95. The minimum atomic E-state index is -3.65. The van der Waals surface area contributed by atoms with Gasteiger partial charge in [0.25, 0.3) is 10.0 Å². The number of nitrogens with zero attached hydrogens (tertiary/aromatic N) is 2. The Morgan fingerprint density at radius 2 is 2.20 bits per heavy atom. The summed E-state index contributed by atoms with van der Waals surface area (Å²) in [5.74, 6) is 0.537. The van der Waals surface area contributed by atoms with Crippen LogP contribution in [0.4, 0.5) is 10.9 Å². The molecule has 2 aromatic rings. The van der Waals surface area contributed by atoms with Gasteiger partial charge in [-0.2, -0.15) is 0 Å². The summed E-state index contributed by atoms with van der Waals surface area (Å²) in [5, 5.41) is 3.37. The second-order valence-electron chi connectivity index (χ2n) is 3.88. The number of thiazole rings is 1. The van der Waals surface area contributed by atoms with Crippen LogP contribution in [0, 0.1) is 0 Å².